The molecule has 2 atom stereocenters. The Bertz CT molecular complexity index is 1350. The highest BCUT2D eigenvalue weighted by atomic mass is 32.1. The van der Waals surface area contributed by atoms with Crippen LogP contribution in [-0.4, -0.2) is 34.0 Å². The van der Waals surface area contributed by atoms with Crippen LogP contribution in [0.15, 0.2) is 29.1 Å². The van der Waals surface area contributed by atoms with Crippen LogP contribution in [0.3, 0.4) is 0 Å². The van der Waals surface area contributed by atoms with Gasteiger partial charge in [-0.25, -0.2) is 14.2 Å². The number of benzene rings is 1. The van der Waals surface area contributed by atoms with Gasteiger partial charge >= 0.3 is 12.0 Å². The topological polar surface area (TPSA) is 130 Å². The van der Waals surface area contributed by atoms with Gasteiger partial charge in [0.1, 0.15) is 16.5 Å². The van der Waals surface area contributed by atoms with Gasteiger partial charge in [0.05, 0.1) is 17.5 Å². The van der Waals surface area contributed by atoms with Crippen molar-refractivity contribution in [1.82, 2.24) is 15.3 Å². The molecule has 11 heteroatoms. The van der Waals surface area contributed by atoms with Crippen LogP contribution in [0.4, 0.5) is 14.9 Å². The van der Waals surface area contributed by atoms with Gasteiger partial charge in [-0.1, -0.05) is 19.1 Å². The minimum Gasteiger partial charge on any atom is -0.453 e. The number of hydrogen-bond donors (Lipinski definition) is 3. The number of thiophene rings is 1. The molecule has 1 aliphatic rings. The number of imide groups is 1. The summed E-state index contributed by atoms with van der Waals surface area (Å²) < 4.78 is 18.7. The van der Waals surface area contributed by atoms with Gasteiger partial charge in [0, 0.05) is 11.3 Å². The van der Waals surface area contributed by atoms with Gasteiger partial charge < -0.3 is 15.0 Å². The molecule has 3 N–H and O–H groups in total. The maximum atomic E-state index is 13.6. The third-order valence-electron chi connectivity index (χ3n) is 5.82. The zero-order valence-corrected chi connectivity index (χ0v) is 20.1. The second kappa shape index (κ2) is 10.3. The van der Waals surface area contributed by atoms with Crippen molar-refractivity contribution in [3.63, 3.8) is 0 Å². The predicted molar refractivity (Wildman–Crippen MR) is 129 cm³/mol. The van der Waals surface area contributed by atoms with Crippen LogP contribution in [0.5, 0.6) is 0 Å². The number of aromatic nitrogens is 2. The van der Waals surface area contributed by atoms with Crippen molar-refractivity contribution in [3.05, 3.63) is 56.7 Å². The number of rotatable bonds is 6. The molecule has 9 nitrogen and oxygen atoms in total. The minimum atomic E-state index is -1.26. The lowest BCUT2D eigenvalue weighted by Gasteiger charge is -2.17. The number of ether oxygens (including phenoxy) is 1. The van der Waals surface area contributed by atoms with Crippen molar-refractivity contribution >= 4 is 45.1 Å². The van der Waals surface area contributed by atoms with E-state index in [9.17, 15) is 23.6 Å². The van der Waals surface area contributed by atoms with Crippen molar-refractivity contribution in [3.8, 4) is 0 Å². The number of aryl methyl sites for hydroxylation is 2. The van der Waals surface area contributed by atoms with E-state index in [0.29, 0.717) is 22.0 Å². The number of urea groups is 1. The first kappa shape index (κ1) is 24.5. The highest BCUT2D eigenvalue weighted by Crippen LogP contribution is 2.35. The molecule has 0 fully saturated rings. The molecule has 2 aromatic heterocycles. The summed E-state index contributed by atoms with van der Waals surface area (Å²) in [5.41, 5.74) is 0.780. The molecule has 0 saturated carbocycles. The SMILES string of the molecule is CC1CCc2c(sc3nc(CCC(=O)OC(C)C(=O)NC(=O)Nc4ccccc4F)[nH]c(=O)c23)C1. The van der Waals surface area contributed by atoms with Gasteiger partial charge in [-0.2, -0.15) is 0 Å². The molecule has 0 saturated heterocycles. The summed E-state index contributed by atoms with van der Waals surface area (Å²) in [7, 11) is 0. The van der Waals surface area contributed by atoms with E-state index in [0.717, 1.165) is 30.9 Å². The Morgan fingerprint density at radius 3 is 2.86 bits per heavy atom. The number of anilines is 1. The Labute approximate surface area is 204 Å². The smallest absolute Gasteiger partial charge is 0.326 e. The fourth-order valence-electron chi connectivity index (χ4n) is 3.97. The van der Waals surface area contributed by atoms with E-state index in [1.54, 1.807) is 0 Å². The van der Waals surface area contributed by atoms with Gasteiger partial charge in [-0.3, -0.25) is 19.7 Å². The molecule has 1 aromatic carbocycles. The molecule has 3 amide bonds. The van der Waals surface area contributed by atoms with Gasteiger partial charge in [0.2, 0.25) is 0 Å². The summed E-state index contributed by atoms with van der Waals surface area (Å²) in [5, 5.41) is 4.85. The van der Waals surface area contributed by atoms with Crippen LogP contribution in [0, 0.1) is 11.7 Å². The van der Waals surface area contributed by atoms with Gasteiger partial charge in [0.25, 0.3) is 11.5 Å². The van der Waals surface area contributed by atoms with Gasteiger partial charge in [-0.15, -0.1) is 11.3 Å². The number of esters is 1. The maximum absolute atomic E-state index is 13.6. The third kappa shape index (κ3) is 5.73. The molecule has 0 bridgehead atoms. The van der Waals surface area contributed by atoms with Crippen molar-refractivity contribution in [2.75, 3.05) is 5.32 Å². The summed E-state index contributed by atoms with van der Waals surface area (Å²) in [6, 6.07) is 4.53. The monoisotopic (exact) mass is 500 g/mol. The van der Waals surface area contributed by atoms with Gasteiger partial charge in [-0.05, 0) is 49.8 Å². The van der Waals surface area contributed by atoms with E-state index in [1.807, 2.05) is 5.32 Å². The molecule has 1 aliphatic carbocycles. The quantitative estimate of drug-likeness (QED) is 0.445. The summed E-state index contributed by atoms with van der Waals surface area (Å²) in [6.07, 6.45) is 1.61. The van der Waals surface area contributed by atoms with Crippen molar-refractivity contribution in [2.45, 2.75) is 52.1 Å². The Hall–Kier alpha value is -3.60. The number of para-hydroxylation sites is 1. The second-order valence-electron chi connectivity index (χ2n) is 8.60. The second-order valence-corrected chi connectivity index (χ2v) is 9.68. The van der Waals surface area contributed by atoms with E-state index in [1.165, 1.54) is 41.3 Å². The number of halogens is 1. The van der Waals surface area contributed by atoms with Gasteiger partial charge in [0.15, 0.2) is 6.10 Å². The van der Waals surface area contributed by atoms with E-state index in [2.05, 4.69) is 22.2 Å². The zero-order valence-electron chi connectivity index (χ0n) is 19.3. The molecule has 184 valence electrons. The number of carbonyl (C=O) groups is 3. The van der Waals surface area contributed by atoms with E-state index in [-0.39, 0.29) is 24.1 Å². The molecular formula is C24H25FN4O5S. The lowest BCUT2D eigenvalue weighted by atomic mass is 9.89. The Balaban J connectivity index is 1.30. The molecule has 3 aromatic rings. The van der Waals surface area contributed by atoms with E-state index >= 15 is 0 Å². The molecule has 4 rings (SSSR count). The highest BCUT2D eigenvalue weighted by Gasteiger charge is 2.24. The van der Waals surface area contributed by atoms with Crippen molar-refractivity contribution in [1.29, 1.82) is 0 Å². The number of nitrogens with zero attached hydrogens (tertiary/aromatic N) is 1. The molecule has 2 heterocycles. The molecular weight excluding hydrogens is 475 g/mol. The number of carbonyl (C=O) groups excluding carboxylic acids is 3. The number of aromatic amines is 1. The van der Waals surface area contributed by atoms with Crippen LogP contribution < -0.4 is 16.2 Å². The molecule has 35 heavy (non-hydrogen) atoms. The first-order chi connectivity index (χ1) is 16.7. The Kier molecular flexibility index (Phi) is 7.25. The van der Waals surface area contributed by atoms with Crippen LogP contribution >= 0.6 is 11.3 Å². The lowest BCUT2D eigenvalue weighted by molar-refractivity contribution is -0.154. The summed E-state index contributed by atoms with van der Waals surface area (Å²) >= 11 is 1.53. The zero-order chi connectivity index (χ0) is 25.1. The fourth-order valence-corrected chi connectivity index (χ4v) is 5.37. The molecule has 0 radical (unpaired) electrons. The van der Waals surface area contributed by atoms with Crippen molar-refractivity contribution in [2.24, 2.45) is 5.92 Å². The summed E-state index contributed by atoms with van der Waals surface area (Å²) in [4.78, 5) is 58.1. The summed E-state index contributed by atoms with van der Waals surface area (Å²) in [5.74, 6) is -1.26. The average Bonchev–Trinajstić information content (AvgIpc) is 3.17. The number of fused-ring (bicyclic) bond motifs is 3. The highest BCUT2D eigenvalue weighted by molar-refractivity contribution is 7.18. The van der Waals surface area contributed by atoms with Crippen LogP contribution in [-0.2, 0) is 33.6 Å². The minimum absolute atomic E-state index is 0.0954. The summed E-state index contributed by atoms with van der Waals surface area (Å²) in [6.45, 7) is 3.51. The molecule has 0 spiro atoms. The van der Waals surface area contributed by atoms with Crippen LogP contribution in [0.2, 0.25) is 0 Å². The van der Waals surface area contributed by atoms with E-state index in [4.69, 9.17) is 4.74 Å². The van der Waals surface area contributed by atoms with Crippen LogP contribution in [0.1, 0.15) is 43.0 Å². The Morgan fingerprint density at radius 2 is 2.09 bits per heavy atom. The standard InChI is InChI=1S/C24H25FN4O5S/c1-12-7-8-14-17(11-12)35-23-20(14)22(32)27-18(28-23)9-10-19(30)34-13(2)21(31)29-24(33)26-16-6-4-3-5-15(16)25/h3-6,12-13H,7-11H2,1-2H3,(H,27,28,32)(H2,26,29,31,33). The fraction of sp³-hybridized carbons (Fsp3) is 0.375. The van der Waals surface area contributed by atoms with E-state index < -0.39 is 29.8 Å². The third-order valence-corrected chi connectivity index (χ3v) is 6.96. The normalized spacial score (nSPS) is 15.8. The largest absolute Gasteiger partial charge is 0.453 e. The molecule has 2 unspecified atom stereocenters. The lowest BCUT2D eigenvalue weighted by Crippen LogP contribution is -2.41. The maximum Gasteiger partial charge on any atom is 0.326 e. The first-order valence-electron chi connectivity index (χ1n) is 11.3. The number of H-pyrrole nitrogens is 1. The number of hydrogen-bond acceptors (Lipinski definition) is 7. The van der Waals surface area contributed by atoms with Crippen LogP contribution in [0.25, 0.3) is 10.2 Å². The Morgan fingerprint density at radius 1 is 1.31 bits per heavy atom. The molecule has 0 aliphatic heterocycles. The number of amides is 3. The van der Waals surface area contributed by atoms with Crippen molar-refractivity contribution < 1.29 is 23.5 Å². The predicted octanol–water partition coefficient (Wildman–Crippen LogP) is 3.46. The first-order valence-corrected chi connectivity index (χ1v) is 12.1. The average molecular weight is 501 g/mol. The number of nitrogens with one attached hydrogen (secondary N) is 3.